The summed E-state index contributed by atoms with van der Waals surface area (Å²) in [6.07, 6.45) is 6.80. The smallest absolute Gasteiger partial charge is 0.303 e. The molecule has 1 aliphatic heterocycles. The van der Waals surface area contributed by atoms with E-state index in [0.717, 1.165) is 25.8 Å². The Hall–Kier alpha value is -1.85. The number of likely N-dealkylation sites (tertiary alicyclic amines) is 1. The van der Waals surface area contributed by atoms with Gasteiger partial charge in [0.25, 0.3) is 0 Å². The Morgan fingerprint density at radius 3 is 2.85 bits per heavy atom. The number of aliphatic carboxylic acids is 1. The summed E-state index contributed by atoms with van der Waals surface area (Å²) in [6, 6.07) is 1.84. The van der Waals surface area contributed by atoms with Gasteiger partial charge in [0.15, 0.2) is 0 Å². The maximum atomic E-state index is 12.1. The highest BCUT2D eigenvalue weighted by atomic mass is 16.4. The molecule has 0 bridgehead atoms. The second-order valence-electron chi connectivity index (χ2n) is 5.29. The van der Waals surface area contributed by atoms with E-state index in [-0.39, 0.29) is 18.2 Å². The molecule has 0 aromatic carbocycles. The monoisotopic (exact) mass is 279 g/mol. The number of hydrogen-bond donors (Lipinski definition) is 1. The predicted octanol–water partition coefficient (Wildman–Crippen LogP) is 1.38. The van der Waals surface area contributed by atoms with Crippen LogP contribution in [0.2, 0.25) is 0 Å². The molecular formula is C14H21N3O3. The zero-order chi connectivity index (χ0) is 14.4. The fraction of sp³-hybridized carbons (Fsp3) is 0.643. The largest absolute Gasteiger partial charge is 0.481 e. The van der Waals surface area contributed by atoms with Gasteiger partial charge in [-0.05, 0) is 31.2 Å². The van der Waals surface area contributed by atoms with E-state index in [9.17, 15) is 9.59 Å². The highest BCUT2D eigenvalue weighted by molar-refractivity contribution is 5.76. The molecule has 1 fully saturated rings. The lowest BCUT2D eigenvalue weighted by molar-refractivity contribution is -0.138. The third-order valence-corrected chi connectivity index (χ3v) is 3.78. The van der Waals surface area contributed by atoms with E-state index in [1.165, 1.54) is 0 Å². The van der Waals surface area contributed by atoms with Crippen molar-refractivity contribution in [1.82, 2.24) is 14.7 Å². The maximum Gasteiger partial charge on any atom is 0.303 e. The molecule has 2 heterocycles. The van der Waals surface area contributed by atoms with Crippen LogP contribution in [0.1, 0.15) is 32.1 Å². The SMILES string of the molecule is O=C(O)C[C@H]1CCCN(C(=O)CCn2cccn2)CC1. The summed E-state index contributed by atoms with van der Waals surface area (Å²) in [5, 5.41) is 12.9. The van der Waals surface area contributed by atoms with E-state index in [2.05, 4.69) is 5.10 Å². The van der Waals surface area contributed by atoms with Gasteiger partial charge in [0.1, 0.15) is 0 Å². The normalized spacial score (nSPS) is 19.6. The average Bonchev–Trinajstić information content (AvgIpc) is 2.82. The van der Waals surface area contributed by atoms with E-state index in [1.54, 1.807) is 10.9 Å². The van der Waals surface area contributed by atoms with Crippen LogP contribution in [0.25, 0.3) is 0 Å². The lowest BCUT2D eigenvalue weighted by Crippen LogP contribution is -2.32. The molecule has 2 rings (SSSR count). The van der Waals surface area contributed by atoms with Crippen LogP contribution in [0.15, 0.2) is 18.5 Å². The first-order valence-corrected chi connectivity index (χ1v) is 7.12. The van der Waals surface area contributed by atoms with E-state index in [1.807, 2.05) is 17.2 Å². The molecule has 1 saturated heterocycles. The Balaban J connectivity index is 1.77. The minimum absolute atomic E-state index is 0.136. The van der Waals surface area contributed by atoms with Gasteiger partial charge in [0, 0.05) is 44.9 Å². The van der Waals surface area contributed by atoms with Gasteiger partial charge >= 0.3 is 5.97 Å². The molecule has 20 heavy (non-hydrogen) atoms. The zero-order valence-electron chi connectivity index (χ0n) is 11.6. The summed E-state index contributed by atoms with van der Waals surface area (Å²) in [5.74, 6) is -0.402. The van der Waals surface area contributed by atoms with Crippen molar-refractivity contribution in [2.45, 2.75) is 38.6 Å². The minimum atomic E-state index is -0.742. The van der Waals surface area contributed by atoms with Gasteiger partial charge in [-0.2, -0.15) is 5.10 Å². The second-order valence-corrected chi connectivity index (χ2v) is 5.29. The van der Waals surface area contributed by atoms with E-state index >= 15 is 0 Å². The van der Waals surface area contributed by atoms with Gasteiger partial charge in [0.2, 0.25) is 5.91 Å². The molecule has 0 radical (unpaired) electrons. The van der Waals surface area contributed by atoms with E-state index in [4.69, 9.17) is 5.11 Å². The van der Waals surface area contributed by atoms with Gasteiger partial charge in [-0.25, -0.2) is 0 Å². The van der Waals surface area contributed by atoms with E-state index < -0.39 is 5.97 Å². The molecule has 1 atom stereocenters. The van der Waals surface area contributed by atoms with Crippen molar-refractivity contribution in [3.63, 3.8) is 0 Å². The summed E-state index contributed by atoms with van der Waals surface area (Å²) >= 11 is 0. The zero-order valence-corrected chi connectivity index (χ0v) is 11.6. The van der Waals surface area contributed by atoms with Crippen molar-refractivity contribution in [2.24, 2.45) is 5.92 Å². The van der Waals surface area contributed by atoms with Crippen molar-refractivity contribution in [1.29, 1.82) is 0 Å². The average molecular weight is 279 g/mol. The number of carboxylic acids is 1. The van der Waals surface area contributed by atoms with Gasteiger partial charge in [-0.1, -0.05) is 0 Å². The summed E-state index contributed by atoms with van der Waals surface area (Å²) in [4.78, 5) is 24.7. The Morgan fingerprint density at radius 2 is 2.15 bits per heavy atom. The Morgan fingerprint density at radius 1 is 1.30 bits per heavy atom. The van der Waals surface area contributed by atoms with Gasteiger partial charge in [0.05, 0.1) is 0 Å². The van der Waals surface area contributed by atoms with Crippen LogP contribution in [0.5, 0.6) is 0 Å². The summed E-state index contributed by atoms with van der Waals surface area (Å²) in [5.41, 5.74) is 0. The molecule has 0 spiro atoms. The standard InChI is InChI=1S/C14H21N3O3/c18-13(5-10-17-8-2-6-15-17)16-7-1-3-12(4-9-16)11-14(19)20/h2,6,8,12H,1,3-5,7,9-11H2,(H,19,20)/t12-/m0/s1. The minimum Gasteiger partial charge on any atom is -0.481 e. The maximum absolute atomic E-state index is 12.1. The lowest BCUT2D eigenvalue weighted by Gasteiger charge is -2.20. The molecular weight excluding hydrogens is 258 g/mol. The molecule has 1 aromatic rings. The number of carbonyl (C=O) groups is 2. The third kappa shape index (κ3) is 4.36. The van der Waals surface area contributed by atoms with Crippen molar-refractivity contribution in [2.75, 3.05) is 13.1 Å². The molecule has 1 aromatic heterocycles. The topological polar surface area (TPSA) is 75.4 Å². The van der Waals surface area contributed by atoms with Crippen LogP contribution < -0.4 is 0 Å². The number of aromatic nitrogens is 2. The highest BCUT2D eigenvalue weighted by Gasteiger charge is 2.21. The number of aryl methyl sites for hydroxylation is 1. The Labute approximate surface area is 118 Å². The molecule has 0 unspecified atom stereocenters. The number of hydrogen-bond acceptors (Lipinski definition) is 3. The Kier molecular flexibility index (Phi) is 5.15. The number of carbonyl (C=O) groups excluding carboxylic acids is 1. The van der Waals surface area contributed by atoms with Crippen molar-refractivity contribution in [3.05, 3.63) is 18.5 Å². The number of amides is 1. The first-order chi connectivity index (χ1) is 9.65. The van der Waals surface area contributed by atoms with E-state index in [0.29, 0.717) is 19.5 Å². The summed E-state index contributed by atoms with van der Waals surface area (Å²) in [7, 11) is 0. The predicted molar refractivity (Wildman–Crippen MR) is 73.0 cm³/mol. The van der Waals surface area contributed by atoms with Gasteiger partial charge in [-0.15, -0.1) is 0 Å². The summed E-state index contributed by atoms with van der Waals surface area (Å²) < 4.78 is 1.75. The van der Waals surface area contributed by atoms with Gasteiger partial charge < -0.3 is 10.0 Å². The molecule has 6 heteroatoms. The quantitative estimate of drug-likeness (QED) is 0.883. The van der Waals surface area contributed by atoms with Gasteiger partial charge in [-0.3, -0.25) is 14.3 Å². The highest BCUT2D eigenvalue weighted by Crippen LogP contribution is 2.21. The van der Waals surface area contributed by atoms with Crippen LogP contribution in [0.4, 0.5) is 0 Å². The number of rotatable bonds is 5. The van der Waals surface area contributed by atoms with Crippen LogP contribution in [-0.2, 0) is 16.1 Å². The molecule has 110 valence electrons. The lowest BCUT2D eigenvalue weighted by atomic mass is 9.97. The molecule has 1 aliphatic rings. The first-order valence-electron chi connectivity index (χ1n) is 7.12. The fourth-order valence-corrected chi connectivity index (χ4v) is 2.67. The van der Waals surface area contributed by atoms with Crippen LogP contribution in [-0.4, -0.2) is 44.8 Å². The second kappa shape index (κ2) is 7.07. The Bertz CT molecular complexity index is 445. The number of nitrogens with zero attached hydrogens (tertiary/aromatic N) is 3. The summed E-state index contributed by atoms with van der Waals surface area (Å²) in [6.45, 7) is 2.02. The van der Waals surface area contributed by atoms with Crippen LogP contribution >= 0.6 is 0 Å². The molecule has 1 amide bonds. The van der Waals surface area contributed by atoms with Crippen molar-refractivity contribution >= 4 is 11.9 Å². The fourth-order valence-electron chi connectivity index (χ4n) is 2.67. The van der Waals surface area contributed by atoms with Crippen LogP contribution in [0.3, 0.4) is 0 Å². The van der Waals surface area contributed by atoms with Crippen LogP contribution in [0, 0.1) is 5.92 Å². The molecule has 0 saturated carbocycles. The third-order valence-electron chi connectivity index (χ3n) is 3.78. The van der Waals surface area contributed by atoms with Crippen molar-refractivity contribution in [3.8, 4) is 0 Å². The molecule has 0 aliphatic carbocycles. The first kappa shape index (κ1) is 14.6. The number of carboxylic acid groups (broad SMARTS) is 1. The molecule has 1 N–H and O–H groups in total. The van der Waals surface area contributed by atoms with Crippen molar-refractivity contribution < 1.29 is 14.7 Å². The molecule has 6 nitrogen and oxygen atoms in total.